The van der Waals surface area contributed by atoms with Gasteiger partial charge in [-0.25, -0.2) is 0 Å². The third-order valence-electron chi connectivity index (χ3n) is 18.0. The number of rotatable bonds is 18. The summed E-state index contributed by atoms with van der Waals surface area (Å²) in [6, 6.07) is 49.0. The van der Waals surface area contributed by atoms with Crippen molar-refractivity contribution in [1.29, 1.82) is 0 Å². The van der Waals surface area contributed by atoms with E-state index in [1.54, 1.807) is 168 Å². The van der Waals surface area contributed by atoms with Crippen LogP contribution in [0.25, 0.3) is 0 Å². The monoisotopic (exact) mass is 1440 g/mol. The molecule has 8 unspecified atom stereocenters. The van der Waals surface area contributed by atoms with Crippen molar-refractivity contribution in [3.8, 4) is 5.75 Å². The van der Waals surface area contributed by atoms with Crippen LogP contribution in [0.1, 0.15) is 110 Å². The molecule has 0 bridgehead atoms. The van der Waals surface area contributed by atoms with E-state index in [4.69, 9.17) is 44.6 Å². The van der Waals surface area contributed by atoms with E-state index >= 15 is 0 Å². The summed E-state index contributed by atoms with van der Waals surface area (Å²) in [5.41, 5.74) is 6.02. The van der Waals surface area contributed by atoms with Crippen LogP contribution in [0.3, 0.4) is 0 Å². The van der Waals surface area contributed by atoms with Gasteiger partial charge < -0.3 is 49.0 Å². The Kier molecular flexibility index (Phi) is 26.1. The molecule has 1 N–H and O–H groups in total. The molecule has 5 aromatic carbocycles. The largest absolute Gasteiger partial charge is 0.484 e. The Bertz CT molecular complexity index is 4200. The summed E-state index contributed by atoms with van der Waals surface area (Å²) in [7, 11) is 6.84. The Morgan fingerprint density at radius 3 is 1.10 bits per heavy atom. The lowest BCUT2D eigenvalue weighted by Crippen LogP contribution is -2.43. The van der Waals surface area contributed by atoms with Crippen LogP contribution in [-0.2, 0) is 62.4 Å². The minimum absolute atomic E-state index is 0.0148. The molecule has 4 aliphatic rings. The van der Waals surface area contributed by atoms with E-state index in [1.165, 1.54) is 16.7 Å². The number of hydrogen-bond donors (Lipinski definition) is 1. The second kappa shape index (κ2) is 35.2. The number of hydrogen-bond acceptors (Lipinski definition) is 13. The summed E-state index contributed by atoms with van der Waals surface area (Å²) in [5.74, 6) is -1.61. The Morgan fingerprint density at radius 2 is 0.755 bits per heavy atom. The van der Waals surface area contributed by atoms with E-state index < -0.39 is 42.6 Å². The molecule has 8 atom stereocenters. The molecule has 0 saturated carbocycles. The number of benzene rings is 5. The van der Waals surface area contributed by atoms with Crippen molar-refractivity contribution in [2.24, 2.45) is 0 Å². The summed E-state index contributed by atoms with van der Waals surface area (Å²) < 4.78 is 5.70. The topological polar surface area (TPSA) is 248 Å². The smallest absolute Gasteiger partial charge is 0.303 e. The molecule has 8 amide bonds. The fourth-order valence-electron chi connectivity index (χ4n) is 13.1. The molecular weight excluding hydrogens is 1360 g/mol. The second-order valence-corrected chi connectivity index (χ2v) is 26.2. The number of carboxylic acids is 1. The first-order valence-electron chi connectivity index (χ1n) is 33.2. The zero-order chi connectivity index (χ0) is 73.3. The van der Waals surface area contributed by atoms with Gasteiger partial charge in [0.15, 0.2) is 6.61 Å². The van der Waals surface area contributed by atoms with Crippen LogP contribution in [0, 0.1) is 0 Å². The van der Waals surface area contributed by atoms with Crippen LogP contribution in [-0.4, -0.2) is 171 Å². The highest BCUT2D eigenvalue weighted by atomic mass is 35.5. The van der Waals surface area contributed by atoms with Crippen molar-refractivity contribution in [2.45, 2.75) is 115 Å². The molecule has 0 aliphatic carbocycles. The van der Waals surface area contributed by atoms with Gasteiger partial charge in [-0.1, -0.05) is 145 Å². The maximum absolute atomic E-state index is 13.3. The van der Waals surface area contributed by atoms with Crippen molar-refractivity contribution >= 4 is 88.0 Å². The Labute approximate surface area is 608 Å². The summed E-state index contributed by atoms with van der Waals surface area (Å²) in [6.07, 6.45) is 10.1. The molecule has 530 valence electrons. The third-order valence-corrected chi connectivity index (χ3v) is 18.7. The maximum atomic E-state index is 13.3. The van der Waals surface area contributed by atoms with E-state index in [-0.39, 0.29) is 78.9 Å². The minimum atomic E-state index is -1.06. The highest BCUT2D eigenvalue weighted by molar-refractivity contribution is 6.31. The highest BCUT2D eigenvalue weighted by Gasteiger charge is 2.50. The number of carbonyl (C=O) groups is 9. The molecule has 3 aromatic heterocycles. The van der Waals surface area contributed by atoms with Gasteiger partial charge in [0.2, 0.25) is 41.4 Å². The standard InChI is InChI=1S/C24H22ClN3O3.C20H20ClN3O4.C20H22ClN3O2.C13H16N2O2/c1-27-23(18-9-11-19(25)12-10-18)28(22(29)16-31-20-7-3-2-4-8-20)21(24(27)30)14-17-6-5-13-26-15-17;1-23-19(14-4-6-15(21)7-5-14)24(17(25)8-9-18(26)27)16(20(23)28)11-13-3-2-10-22-12-13;1-3-5-18(25)24-17(12-14-6-4-11-22-13-14)20(26)23(2)19(24)15-7-9-16(21)10-8-15;1-9-13(17)14(3)12(15(9)10(2)16)11-7-5-4-6-8-11/h2-13,15,21,23H,14,16H2,1H3;2-7,10,12,16,19H,8-9,11H2,1H3,(H,26,27);4,6-11,13,17,19H,3,5,12H2,1-2H3;4-9,12H,1-3H3. The SMILES string of the molecule is CC(=O)N1C(C)C(=O)N(C)C1c1ccccc1.CCCC(=O)N1C(Cc2cccnc2)C(=O)N(C)C1c1ccc(Cl)cc1.CN1C(=O)C(Cc2cccnc2)N(C(=O)CCC(=O)O)C1c1ccc(Cl)cc1.CN1C(=O)C(Cc2cccnc2)N(C(=O)COc2ccccc2)C1c1ccc(Cl)cc1. The molecule has 4 saturated heterocycles. The van der Waals surface area contributed by atoms with Crippen LogP contribution in [0.2, 0.25) is 15.1 Å². The molecule has 4 aliphatic heterocycles. The summed E-state index contributed by atoms with van der Waals surface area (Å²) in [6.45, 7) is 5.06. The molecule has 102 heavy (non-hydrogen) atoms. The van der Waals surface area contributed by atoms with Crippen LogP contribution in [0.5, 0.6) is 5.75 Å². The van der Waals surface area contributed by atoms with E-state index in [2.05, 4.69) is 15.0 Å². The van der Waals surface area contributed by atoms with Crippen LogP contribution in [0.4, 0.5) is 0 Å². The number of nitrogens with zero attached hydrogens (tertiary/aromatic N) is 11. The zero-order valence-corrected chi connectivity index (χ0v) is 59.8. The molecule has 7 heterocycles. The molecule has 8 aromatic rings. The van der Waals surface area contributed by atoms with E-state index in [9.17, 15) is 43.2 Å². The predicted octanol–water partition coefficient (Wildman–Crippen LogP) is 11.1. The Hall–Kier alpha value is -10.6. The van der Waals surface area contributed by atoms with Gasteiger partial charge in [-0.05, 0) is 119 Å². The van der Waals surface area contributed by atoms with Crippen LogP contribution >= 0.6 is 34.8 Å². The van der Waals surface area contributed by atoms with Crippen molar-refractivity contribution in [3.05, 3.63) is 261 Å². The average Bonchev–Trinajstić information content (AvgIpc) is 1.64. The van der Waals surface area contributed by atoms with Gasteiger partial charge in [0.1, 0.15) is 54.6 Å². The molecule has 25 heteroatoms. The lowest BCUT2D eigenvalue weighted by atomic mass is 10.1. The van der Waals surface area contributed by atoms with Gasteiger partial charge in [0.25, 0.3) is 5.91 Å². The molecule has 0 spiro atoms. The highest BCUT2D eigenvalue weighted by Crippen LogP contribution is 2.40. The quantitative estimate of drug-likeness (QED) is 0.0839. The third kappa shape index (κ3) is 18.1. The van der Waals surface area contributed by atoms with Gasteiger partial charge in [0, 0.05) is 119 Å². The summed E-state index contributed by atoms with van der Waals surface area (Å²) in [4.78, 5) is 138. The first-order chi connectivity index (χ1) is 49.0. The maximum Gasteiger partial charge on any atom is 0.303 e. The number of aromatic nitrogens is 3. The van der Waals surface area contributed by atoms with Crippen molar-refractivity contribution in [1.82, 2.24) is 54.2 Å². The Balaban J connectivity index is 0.000000161. The molecule has 22 nitrogen and oxygen atoms in total. The van der Waals surface area contributed by atoms with Gasteiger partial charge in [0.05, 0.1) is 6.42 Å². The van der Waals surface area contributed by atoms with Gasteiger partial charge in [-0.3, -0.25) is 58.1 Å². The predicted molar refractivity (Wildman–Crippen MR) is 384 cm³/mol. The molecule has 4 fully saturated rings. The zero-order valence-electron chi connectivity index (χ0n) is 57.5. The van der Waals surface area contributed by atoms with Crippen molar-refractivity contribution in [2.75, 3.05) is 34.8 Å². The lowest BCUT2D eigenvalue weighted by Gasteiger charge is -2.30. The van der Waals surface area contributed by atoms with Gasteiger partial charge >= 0.3 is 5.97 Å². The second-order valence-electron chi connectivity index (χ2n) is 24.9. The van der Waals surface area contributed by atoms with Crippen LogP contribution < -0.4 is 4.74 Å². The number of halogens is 3. The minimum Gasteiger partial charge on any atom is -0.484 e. The number of carboxylic acid groups (broad SMARTS) is 1. The molecule has 0 radical (unpaired) electrons. The number of ether oxygens (including phenoxy) is 1. The van der Waals surface area contributed by atoms with E-state index in [0.29, 0.717) is 46.5 Å². The number of aliphatic carboxylic acids is 1. The van der Waals surface area contributed by atoms with Gasteiger partial charge in [-0.2, -0.15) is 0 Å². The number of pyridine rings is 3. The van der Waals surface area contributed by atoms with Crippen molar-refractivity contribution in [3.63, 3.8) is 0 Å². The van der Waals surface area contributed by atoms with E-state index in [0.717, 1.165) is 45.4 Å². The van der Waals surface area contributed by atoms with Gasteiger partial charge in [-0.15, -0.1) is 0 Å². The fraction of sp³-hybridized carbons (Fsp3) is 0.299. The van der Waals surface area contributed by atoms with Crippen molar-refractivity contribution < 1.29 is 53.0 Å². The number of amides is 8. The fourth-order valence-corrected chi connectivity index (χ4v) is 13.5. The summed E-state index contributed by atoms with van der Waals surface area (Å²) in [5, 5.41) is 10.7. The number of likely N-dealkylation sites (N-methyl/N-ethyl adjacent to an activating group) is 4. The molecule has 12 rings (SSSR count). The van der Waals surface area contributed by atoms with Crippen LogP contribution in [0.15, 0.2) is 207 Å². The molecular formula is C77H80Cl3N11O11. The summed E-state index contributed by atoms with van der Waals surface area (Å²) >= 11 is 18.0. The lowest BCUT2D eigenvalue weighted by molar-refractivity contribution is -0.142. The first-order valence-corrected chi connectivity index (χ1v) is 34.3. The van der Waals surface area contributed by atoms with E-state index in [1.807, 2.05) is 110 Å². The normalized spacial score (nSPS) is 19.9. The average molecular weight is 1440 g/mol. The first kappa shape index (κ1) is 75.6. The number of para-hydroxylation sites is 1. The Morgan fingerprint density at radius 1 is 0.422 bits per heavy atom. The number of carbonyl (C=O) groups excluding carboxylic acids is 8.